The van der Waals surface area contributed by atoms with Gasteiger partial charge < -0.3 is 19.3 Å². The second-order valence-corrected chi connectivity index (χ2v) is 8.56. The van der Waals surface area contributed by atoms with Gasteiger partial charge in [0, 0.05) is 19.1 Å². The molecule has 2 aromatic carbocycles. The topological polar surface area (TPSA) is 95.7 Å². The Morgan fingerprint density at radius 2 is 1.69 bits per heavy atom. The lowest BCUT2D eigenvalue weighted by molar-refractivity contribution is -0.145. The van der Waals surface area contributed by atoms with Crippen molar-refractivity contribution in [2.24, 2.45) is 0 Å². The summed E-state index contributed by atoms with van der Waals surface area (Å²) in [7, 11) is 1.61. The second-order valence-electron chi connectivity index (χ2n) is 8.56. The Labute approximate surface area is 188 Å². The number of aryl methyl sites for hydroxylation is 1. The fourth-order valence-corrected chi connectivity index (χ4v) is 3.29. The van der Waals surface area contributed by atoms with Crippen molar-refractivity contribution in [3.05, 3.63) is 47.5 Å². The molecule has 0 unspecified atom stereocenters. The molecule has 172 valence electrons. The Hall–Kier alpha value is -2.97. The molecular formula is C24H31N3O5. The molecule has 0 amide bonds. The molecule has 3 aromatic rings. The Morgan fingerprint density at radius 3 is 2.31 bits per heavy atom. The lowest BCUT2D eigenvalue weighted by atomic mass is 9.84. The van der Waals surface area contributed by atoms with Gasteiger partial charge in [-0.25, -0.2) is 0 Å². The van der Waals surface area contributed by atoms with E-state index < -0.39 is 0 Å². The number of fused-ring (bicyclic) bond motifs is 1. The predicted molar refractivity (Wildman–Crippen MR) is 121 cm³/mol. The van der Waals surface area contributed by atoms with Gasteiger partial charge in [-0.05, 0) is 35.6 Å². The molecule has 1 heterocycles. The maximum atomic E-state index is 12.1. The lowest BCUT2D eigenvalue weighted by Crippen LogP contribution is -2.15. The van der Waals surface area contributed by atoms with Crippen LogP contribution in [0.3, 0.4) is 0 Å². The van der Waals surface area contributed by atoms with Crippen LogP contribution in [0.25, 0.3) is 16.7 Å². The van der Waals surface area contributed by atoms with Crippen LogP contribution in [0.4, 0.5) is 0 Å². The smallest absolute Gasteiger partial charge is 0.306 e. The maximum Gasteiger partial charge on any atom is 0.306 e. The maximum absolute atomic E-state index is 12.1. The van der Waals surface area contributed by atoms with Gasteiger partial charge in [-0.3, -0.25) is 4.79 Å². The zero-order chi connectivity index (χ0) is 23.1. The minimum Gasteiger partial charge on any atom is -0.505 e. The van der Waals surface area contributed by atoms with Gasteiger partial charge in [0.25, 0.3) is 0 Å². The highest BCUT2D eigenvalue weighted by molar-refractivity contribution is 5.74. The third-order valence-electron chi connectivity index (χ3n) is 5.00. The van der Waals surface area contributed by atoms with Crippen molar-refractivity contribution in [1.82, 2.24) is 15.0 Å². The number of benzene rings is 2. The molecule has 0 radical (unpaired) electrons. The van der Waals surface area contributed by atoms with Gasteiger partial charge in [-0.2, -0.15) is 0 Å². The summed E-state index contributed by atoms with van der Waals surface area (Å²) in [6.45, 7) is 7.61. The number of aromatic hydroxyl groups is 1. The van der Waals surface area contributed by atoms with E-state index in [4.69, 9.17) is 14.2 Å². The Bertz CT molecular complexity index is 1020. The number of phenolic OH excluding ortho intramolecular Hbond substituents is 1. The molecule has 0 spiro atoms. The van der Waals surface area contributed by atoms with Crippen LogP contribution in [0.15, 0.2) is 36.4 Å². The molecule has 0 saturated carbocycles. The molecule has 0 atom stereocenters. The van der Waals surface area contributed by atoms with Crippen LogP contribution in [0.5, 0.6) is 5.75 Å². The normalized spacial score (nSPS) is 11.8. The number of rotatable bonds is 10. The Morgan fingerprint density at radius 1 is 1.03 bits per heavy atom. The summed E-state index contributed by atoms with van der Waals surface area (Å²) in [5.41, 5.74) is 3.34. The SMILES string of the molecule is COCCOCCOC(=O)CCc1cc(-n2nc3ccccc3n2)c(O)c(C(C)(C)C)c1. The van der Waals surface area contributed by atoms with Crippen molar-refractivity contribution in [2.75, 3.05) is 33.5 Å². The molecule has 0 aliphatic heterocycles. The minimum atomic E-state index is -0.304. The fraction of sp³-hybridized carbons (Fsp3) is 0.458. The lowest BCUT2D eigenvalue weighted by Gasteiger charge is -2.23. The number of nitrogens with zero attached hydrogens (tertiary/aromatic N) is 3. The number of phenols is 1. The second kappa shape index (κ2) is 10.6. The molecule has 0 aliphatic rings. The quantitative estimate of drug-likeness (QED) is 0.380. The predicted octanol–water partition coefficient (Wildman–Crippen LogP) is 3.56. The third-order valence-corrected chi connectivity index (χ3v) is 5.00. The molecule has 0 fully saturated rings. The van der Waals surface area contributed by atoms with Crippen LogP contribution in [0.1, 0.15) is 38.3 Å². The average Bonchev–Trinajstić information content (AvgIpc) is 3.18. The number of ether oxygens (including phenoxy) is 3. The molecule has 1 aromatic heterocycles. The van der Waals surface area contributed by atoms with Crippen molar-refractivity contribution >= 4 is 17.0 Å². The molecule has 32 heavy (non-hydrogen) atoms. The summed E-state index contributed by atoms with van der Waals surface area (Å²) in [5, 5.41) is 20.0. The molecule has 0 saturated heterocycles. The molecule has 3 rings (SSSR count). The van der Waals surface area contributed by atoms with Crippen molar-refractivity contribution in [3.63, 3.8) is 0 Å². The molecule has 1 N–H and O–H groups in total. The van der Waals surface area contributed by atoms with Crippen molar-refractivity contribution in [3.8, 4) is 11.4 Å². The van der Waals surface area contributed by atoms with Gasteiger partial charge in [-0.1, -0.05) is 39.0 Å². The molecule has 8 nitrogen and oxygen atoms in total. The van der Waals surface area contributed by atoms with E-state index in [0.717, 1.165) is 22.2 Å². The highest BCUT2D eigenvalue weighted by Crippen LogP contribution is 2.36. The monoisotopic (exact) mass is 441 g/mol. The first kappa shape index (κ1) is 23.7. The first-order valence-corrected chi connectivity index (χ1v) is 10.7. The first-order valence-electron chi connectivity index (χ1n) is 10.7. The van der Waals surface area contributed by atoms with Gasteiger partial charge in [0.2, 0.25) is 0 Å². The van der Waals surface area contributed by atoms with E-state index in [2.05, 4.69) is 10.2 Å². The summed E-state index contributed by atoms with van der Waals surface area (Å²) < 4.78 is 15.4. The average molecular weight is 442 g/mol. The van der Waals surface area contributed by atoms with Crippen LogP contribution >= 0.6 is 0 Å². The van der Waals surface area contributed by atoms with Crippen molar-refractivity contribution < 1.29 is 24.1 Å². The fourth-order valence-electron chi connectivity index (χ4n) is 3.29. The number of esters is 1. The summed E-state index contributed by atoms with van der Waals surface area (Å²) >= 11 is 0. The van der Waals surface area contributed by atoms with Gasteiger partial charge in [0.15, 0.2) is 0 Å². The van der Waals surface area contributed by atoms with Crippen LogP contribution in [-0.4, -0.2) is 59.6 Å². The highest BCUT2D eigenvalue weighted by Gasteiger charge is 2.23. The van der Waals surface area contributed by atoms with E-state index in [1.807, 2.05) is 57.2 Å². The molecule has 0 aliphatic carbocycles. The van der Waals surface area contributed by atoms with E-state index in [1.165, 1.54) is 4.80 Å². The van der Waals surface area contributed by atoms with E-state index >= 15 is 0 Å². The summed E-state index contributed by atoms with van der Waals surface area (Å²) in [6.07, 6.45) is 0.695. The molecule has 8 heteroatoms. The number of hydrogen-bond acceptors (Lipinski definition) is 7. The standard InChI is InChI=1S/C24H31N3O5/c1-24(2,3)18-15-17(9-10-22(28)32-14-13-31-12-11-30-4)16-21(23(18)29)27-25-19-7-5-6-8-20(19)26-27/h5-8,15-16,29H,9-14H2,1-4H3. The van der Waals surface area contributed by atoms with Gasteiger partial charge in [-0.15, -0.1) is 15.0 Å². The largest absolute Gasteiger partial charge is 0.505 e. The first-order chi connectivity index (χ1) is 15.3. The zero-order valence-electron chi connectivity index (χ0n) is 19.1. The van der Waals surface area contributed by atoms with Crippen molar-refractivity contribution in [2.45, 2.75) is 39.0 Å². The van der Waals surface area contributed by atoms with E-state index in [9.17, 15) is 9.90 Å². The number of hydrogen-bond donors (Lipinski definition) is 1. The molecular weight excluding hydrogens is 410 g/mol. The zero-order valence-corrected chi connectivity index (χ0v) is 19.1. The van der Waals surface area contributed by atoms with E-state index in [0.29, 0.717) is 31.9 Å². The van der Waals surface area contributed by atoms with Gasteiger partial charge in [0.05, 0.1) is 19.8 Å². The minimum absolute atomic E-state index is 0.136. The summed E-state index contributed by atoms with van der Waals surface area (Å²) in [4.78, 5) is 13.6. The number of carbonyl (C=O) groups excluding carboxylic acids is 1. The van der Waals surface area contributed by atoms with Crippen LogP contribution in [0, 0.1) is 0 Å². The van der Waals surface area contributed by atoms with Crippen LogP contribution < -0.4 is 0 Å². The van der Waals surface area contributed by atoms with E-state index in [-0.39, 0.29) is 30.2 Å². The van der Waals surface area contributed by atoms with E-state index in [1.54, 1.807) is 7.11 Å². The molecule has 0 bridgehead atoms. The Balaban J connectivity index is 1.75. The third kappa shape index (κ3) is 6.05. The number of methoxy groups -OCH3 is 1. The van der Waals surface area contributed by atoms with Crippen LogP contribution in [0.2, 0.25) is 0 Å². The van der Waals surface area contributed by atoms with Gasteiger partial charge >= 0.3 is 5.97 Å². The number of aromatic nitrogens is 3. The summed E-state index contributed by atoms with van der Waals surface area (Å²) in [6, 6.07) is 11.3. The van der Waals surface area contributed by atoms with Gasteiger partial charge in [0.1, 0.15) is 29.1 Å². The van der Waals surface area contributed by atoms with Crippen LogP contribution in [-0.2, 0) is 30.8 Å². The Kier molecular flexibility index (Phi) is 7.82. The number of carbonyl (C=O) groups is 1. The highest BCUT2D eigenvalue weighted by atomic mass is 16.6. The summed E-state index contributed by atoms with van der Waals surface area (Å²) in [5.74, 6) is -0.160. The van der Waals surface area contributed by atoms with Crippen molar-refractivity contribution in [1.29, 1.82) is 0 Å².